The third-order valence-corrected chi connectivity index (χ3v) is 3.46. The molecule has 2 aromatic carbocycles. The Morgan fingerprint density at radius 1 is 1.15 bits per heavy atom. The van der Waals surface area contributed by atoms with Crippen LogP contribution in [0.5, 0.6) is 11.5 Å². The smallest absolute Gasteiger partial charge is 0.137 e. The lowest BCUT2D eigenvalue weighted by Gasteiger charge is -2.14. The molecule has 0 spiro atoms. The molecule has 5 heteroatoms. The van der Waals surface area contributed by atoms with Gasteiger partial charge < -0.3 is 10.2 Å². The lowest BCUT2D eigenvalue weighted by Crippen LogP contribution is -2.00. The summed E-state index contributed by atoms with van der Waals surface area (Å²) in [5, 5.41) is 23.0. The Balaban J connectivity index is 2.31. The molecule has 0 bridgehead atoms. The van der Waals surface area contributed by atoms with Crippen LogP contribution in [-0.2, 0) is 6.42 Å². The molecule has 0 aliphatic carbocycles. The van der Waals surface area contributed by atoms with Crippen molar-refractivity contribution >= 4 is 11.6 Å². The number of nitrogens with zero attached hydrogens (tertiary/aromatic N) is 1. The first-order valence-electron chi connectivity index (χ1n) is 6.14. The van der Waals surface area contributed by atoms with E-state index in [4.69, 9.17) is 17.1 Å². The van der Waals surface area contributed by atoms with Crippen LogP contribution in [-0.4, -0.2) is 10.2 Å². The number of hydrogen-bond acceptors (Lipinski definition) is 4. The van der Waals surface area contributed by atoms with Gasteiger partial charge in [0.2, 0.25) is 0 Å². The van der Waals surface area contributed by atoms with Crippen molar-refractivity contribution in [3.05, 3.63) is 58.1 Å². The van der Waals surface area contributed by atoms with Gasteiger partial charge in [0.1, 0.15) is 17.5 Å². The van der Waals surface area contributed by atoms with Gasteiger partial charge in [0, 0.05) is 18.1 Å². The number of rotatable bonds is 4. The molecule has 0 saturated heterocycles. The van der Waals surface area contributed by atoms with E-state index < -0.39 is 6.04 Å². The van der Waals surface area contributed by atoms with Crippen molar-refractivity contribution in [3.8, 4) is 11.5 Å². The molecule has 0 amide bonds. The Bertz CT molecular complexity index is 627. The van der Waals surface area contributed by atoms with Gasteiger partial charge in [0.25, 0.3) is 0 Å². The van der Waals surface area contributed by atoms with Crippen molar-refractivity contribution < 1.29 is 10.2 Å². The molecule has 104 valence electrons. The standard InChI is InChI=1S/C15H15ClN2O2/c1-9-2-4-10(5-3-9)6-13(18-17)11-7-12(16)15(20)8-14(11)19/h2-5,7-8,13,17,19-20H,6H2,1H3. The summed E-state index contributed by atoms with van der Waals surface area (Å²) in [7, 11) is 0. The molecule has 4 nitrogen and oxygen atoms in total. The second-order valence-electron chi connectivity index (χ2n) is 4.70. The first-order valence-corrected chi connectivity index (χ1v) is 6.52. The molecular formula is C15H15ClN2O2. The van der Waals surface area contributed by atoms with E-state index in [0.29, 0.717) is 12.0 Å². The molecule has 1 unspecified atom stereocenters. The number of aromatic hydroxyl groups is 2. The number of halogens is 1. The van der Waals surface area contributed by atoms with Gasteiger partial charge in [-0.2, -0.15) is 5.11 Å². The number of aryl methyl sites for hydroxylation is 1. The van der Waals surface area contributed by atoms with Crippen LogP contribution < -0.4 is 0 Å². The van der Waals surface area contributed by atoms with Gasteiger partial charge in [0.15, 0.2) is 0 Å². The molecule has 0 radical (unpaired) electrons. The van der Waals surface area contributed by atoms with E-state index in [9.17, 15) is 10.2 Å². The summed E-state index contributed by atoms with van der Waals surface area (Å²) in [5.74, 6) is -0.299. The van der Waals surface area contributed by atoms with Gasteiger partial charge in [0.05, 0.1) is 5.02 Å². The van der Waals surface area contributed by atoms with E-state index in [0.717, 1.165) is 11.1 Å². The first kappa shape index (κ1) is 14.3. The monoisotopic (exact) mass is 290 g/mol. The number of hydrogen-bond donors (Lipinski definition) is 3. The van der Waals surface area contributed by atoms with Gasteiger partial charge in [-0.25, -0.2) is 5.53 Å². The maximum Gasteiger partial charge on any atom is 0.137 e. The van der Waals surface area contributed by atoms with Crippen molar-refractivity contribution in [1.82, 2.24) is 0 Å². The second kappa shape index (κ2) is 5.92. The summed E-state index contributed by atoms with van der Waals surface area (Å²) in [5.41, 5.74) is 9.92. The Labute approximate surface area is 122 Å². The zero-order valence-electron chi connectivity index (χ0n) is 11.0. The minimum atomic E-state index is -0.532. The van der Waals surface area contributed by atoms with Crippen molar-refractivity contribution in [2.75, 3.05) is 0 Å². The normalized spacial score (nSPS) is 12.1. The van der Waals surface area contributed by atoms with Crippen LogP contribution in [0.4, 0.5) is 0 Å². The average molecular weight is 291 g/mol. The summed E-state index contributed by atoms with van der Waals surface area (Å²) < 4.78 is 0. The number of phenols is 2. The van der Waals surface area contributed by atoms with E-state index in [-0.39, 0.29) is 16.5 Å². The molecule has 0 aliphatic rings. The fourth-order valence-corrected chi connectivity index (χ4v) is 2.18. The maximum atomic E-state index is 9.88. The molecule has 0 heterocycles. The van der Waals surface area contributed by atoms with Crippen LogP contribution in [0.15, 0.2) is 41.5 Å². The highest BCUT2D eigenvalue weighted by atomic mass is 35.5. The van der Waals surface area contributed by atoms with Gasteiger partial charge in [-0.1, -0.05) is 41.4 Å². The predicted octanol–water partition coefficient (Wildman–Crippen LogP) is 4.37. The van der Waals surface area contributed by atoms with Crippen LogP contribution in [0.3, 0.4) is 0 Å². The zero-order chi connectivity index (χ0) is 14.7. The largest absolute Gasteiger partial charge is 0.507 e. The summed E-state index contributed by atoms with van der Waals surface area (Å²) in [6, 6.07) is 9.99. The summed E-state index contributed by atoms with van der Waals surface area (Å²) >= 11 is 5.85. The van der Waals surface area contributed by atoms with E-state index in [2.05, 4.69) is 5.11 Å². The number of nitrogens with one attached hydrogen (secondary N) is 1. The van der Waals surface area contributed by atoms with Crippen LogP contribution in [0.2, 0.25) is 5.02 Å². The highest BCUT2D eigenvalue weighted by Gasteiger charge is 2.17. The van der Waals surface area contributed by atoms with Gasteiger partial charge in [-0.3, -0.25) is 0 Å². The van der Waals surface area contributed by atoms with Gasteiger partial charge in [-0.05, 0) is 18.6 Å². The predicted molar refractivity (Wildman–Crippen MR) is 77.6 cm³/mol. The van der Waals surface area contributed by atoms with Crippen molar-refractivity contribution in [3.63, 3.8) is 0 Å². The highest BCUT2D eigenvalue weighted by Crippen LogP contribution is 2.36. The molecule has 0 saturated carbocycles. The fraction of sp³-hybridized carbons (Fsp3) is 0.200. The third-order valence-electron chi connectivity index (χ3n) is 3.16. The minimum absolute atomic E-state index is 0.111. The van der Waals surface area contributed by atoms with Gasteiger partial charge >= 0.3 is 0 Å². The minimum Gasteiger partial charge on any atom is -0.507 e. The maximum absolute atomic E-state index is 9.88. The van der Waals surface area contributed by atoms with Crippen LogP contribution in [0.1, 0.15) is 22.7 Å². The topological polar surface area (TPSA) is 76.7 Å². The Morgan fingerprint density at radius 3 is 2.40 bits per heavy atom. The molecule has 0 aliphatic heterocycles. The third kappa shape index (κ3) is 3.08. The van der Waals surface area contributed by atoms with Crippen molar-refractivity contribution in [2.45, 2.75) is 19.4 Å². The molecule has 0 fully saturated rings. The molecule has 20 heavy (non-hydrogen) atoms. The van der Waals surface area contributed by atoms with E-state index in [1.807, 2.05) is 31.2 Å². The fourth-order valence-electron chi connectivity index (χ4n) is 2.01. The molecule has 1 atom stereocenters. The summed E-state index contributed by atoms with van der Waals surface area (Å²) in [4.78, 5) is 0. The molecule has 3 N–H and O–H groups in total. The molecule has 0 aromatic heterocycles. The Kier molecular flexibility index (Phi) is 4.25. The van der Waals surface area contributed by atoms with Gasteiger partial charge in [-0.15, -0.1) is 0 Å². The average Bonchev–Trinajstić information content (AvgIpc) is 2.43. The lowest BCUT2D eigenvalue weighted by molar-refractivity contribution is 0.440. The molecule has 2 aromatic rings. The zero-order valence-corrected chi connectivity index (χ0v) is 11.7. The SMILES string of the molecule is Cc1ccc(CC(N=N)c2cc(Cl)c(O)cc2O)cc1. The van der Waals surface area contributed by atoms with E-state index in [1.54, 1.807) is 0 Å². The van der Waals surface area contributed by atoms with Crippen LogP contribution in [0, 0.1) is 12.5 Å². The van der Waals surface area contributed by atoms with E-state index in [1.165, 1.54) is 12.1 Å². The second-order valence-corrected chi connectivity index (χ2v) is 5.10. The van der Waals surface area contributed by atoms with Crippen LogP contribution in [0.25, 0.3) is 0 Å². The Morgan fingerprint density at radius 2 is 1.80 bits per heavy atom. The Hall–Kier alpha value is -2.07. The molecular weight excluding hydrogens is 276 g/mol. The van der Waals surface area contributed by atoms with Crippen LogP contribution >= 0.6 is 11.6 Å². The summed E-state index contributed by atoms with van der Waals surface area (Å²) in [6.45, 7) is 2.00. The van der Waals surface area contributed by atoms with Crippen molar-refractivity contribution in [2.24, 2.45) is 5.11 Å². The molecule has 2 rings (SSSR count). The quantitative estimate of drug-likeness (QED) is 0.731. The first-order chi connectivity index (χ1) is 9.51. The number of benzene rings is 2. The number of phenolic OH excluding ortho intramolecular Hbond substituents is 2. The summed E-state index contributed by atoms with van der Waals surface area (Å²) in [6.07, 6.45) is 0.485. The van der Waals surface area contributed by atoms with Crippen molar-refractivity contribution in [1.29, 1.82) is 5.53 Å². The van der Waals surface area contributed by atoms with E-state index >= 15 is 0 Å². The highest BCUT2D eigenvalue weighted by molar-refractivity contribution is 6.32. The lowest BCUT2D eigenvalue weighted by atomic mass is 9.98.